The minimum atomic E-state index is -5.62. The molecule has 102 valence electrons. The van der Waals surface area contributed by atoms with Crippen LogP contribution in [0.5, 0.6) is 0 Å². The molecular formula is C9H10F8. The van der Waals surface area contributed by atoms with Crippen LogP contribution in [-0.4, -0.2) is 18.3 Å². The molecule has 0 aromatic carbocycles. The fraction of sp³-hybridized carbons (Fsp3) is 1.00. The van der Waals surface area contributed by atoms with E-state index in [0.717, 1.165) is 0 Å². The molecule has 0 aromatic heterocycles. The summed E-state index contributed by atoms with van der Waals surface area (Å²) < 4.78 is 102. The minimum absolute atomic E-state index is 0.149. The first-order valence-electron chi connectivity index (χ1n) is 4.67. The second-order valence-corrected chi connectivity index (χ2v) is 4.77. The van der Waals surface area contributed by atoms with E-state index in [9.17, 15) is 35.1 Å². The molecule has 0 heterocycles. The Labute approximate surface area is 92.0 Å². The molecule has 0 radical (unpaired) electrons. The van der Waals surface area contributed by atoms with E-state index in [2.05, 4.69) is 0 Å². The lowest BCUT2D eigenvalue weighted by molar-refractivity contribution is -0.285. The third-order valence-electron chi connectivity index (χ3n) is 3.79. The number of hydrogen-bond donors (Lipinski definition) is 0. The third kappa shape index (κ3) is 1.35. The maximum atomic E-state index is 13.3. The van der Waals surface area contributed by atoms with E-state index in [1.54, 1.807) is 0 Å². The summed E-state index contributed by atoms with van der Waals surface area (Å²) in [5, 5.41) is 0. The molecule has 1 rings (SSSR count). The second-order valence-electron chi connectivity index (χ2n) is 4.77. The van der Waals surface area contributed by atoms with Gasteiger partial charge in [0.25, 0.3) is 5.92 Å². The van der Waals surface area contributed by atoms with E-state index in [1.807, 2.05) is 0 Å². The third-order valence-corrected chi connectivity index (χ3v) is 3.79. The van der Waals surface area contributed by atoms with E-state index < -0.39 is 35.0 Å². The topological polar surface area (TPSA) is 0 Å². The highest BCUT2D eigenvalue weighted by Crippen LogP contribution is 2.84. The highest BCUT2D eigenvalue weighted by Gasteiger charge is 2.99. The van der Waals surface area contributed by atoms with Crippen LogP contribution in [0, 0.1) is 16.7 Å². The van der Waals surface area contributed by atoms with Crippen molar-refractivity contribution in [2.24, 2.45) is 16.7 Å². The summed E-state index contributed by atoms with van der Waals surface area (Å²) in [6.45, 7) is 1.15. The molecule has 1 aliphatic carbocycles. The smallest absolute Gasteiger partial charge is 0.205 e. The van der Waals surface area contributed by atoms with Crippen LogP contribution in [0.25, 0.3) is 0 Å². The molecule has 0 aromatic rings. The fourth-order valence-corrected chi connectivity index (χ4v) is 2.64. The van der Waals surface area contributed by atoms with E-state index in [0.29, 0.717) is 13.8 Å². The zero-order valence-corrected chi connectivity index (χ0v) is 9.10. The van der Waals surface area contributed by atoms with Gasteiger partial charge in [0.1, 0.15) is 0 Å². The molecule has 1 saturated carbocycles. The van der Waals surface area contributed by atoms with Crippen molar-refractivity contribution in [3.63, 3.8) is 0 Å². The Morgan fingerprint density at radius 2 is 1.18 bits per heavy atom. The fourth-order valence-electron chi connectivity index (χ4n) is 2.64. The first-order valence-corrected chi connectivity index (χ1v) is 4.67. The maximum Gasteiger partial charge on any atom is 0.401 e. The van der Waals surface area contributed by atoms with Crippen molar-refractivity contribution in [1.29, 1.82) is 0 Å². The van der Waals surface area contributed by atoms with Crippen molar-refractivity contribution in [2.45, 2.75) is 39.0 Å². The van der Waals surface area contributed by atoms with Gasteiger partial charge in [-0.15, -0.1) is 0 Å². The zero-order valence-electron chi connectivity index (χ0n) is 9.10. The van der Waals surface area contributed by atoms with E-state index in [1.165, 1.54) is 0 Å². The molecule has 0 spiro atoms. The van der Waals surface area contributed by atoms with Gasteiger partial charge < -0.3 is 0 Å². The lowest BCUT2D eigenvalue weighted by atomic mass is 9.82. The molecule has 0 N–H and O–H groups in total. The predicted octanol–water partition coefficient (Wildman–Crippen LogP) is 4.41. The van der Waals surface area contributed by atoms with Gasteiger partial charge in [-0.3, -0.25) is 0 Å². The number of halogens is 8. The van der Waals surface area contributed by atoms with Crippen molar-refractivity contribution < 1.29 is 35.1 Å². The molecule has 0 bridgehead atoms. The molecule has 0 amide bonds. The largest absolute Gasteiger partial charge is 0.401 e. The summed E-state index contributed by atoms with van der Waals surface area (Å²) in [5.41, 5.74) is -6.79. The van der Waals surface area contributed by atoms with Gasteiger partial charge in [-0.1, -0.05) is 20.8 Å². The molecule has 0 aliphatic heterocycles. The molecule has 1 fully saturated rings. The van der Waals surface area contributed by atoms with Crippen LogP contribution >= 0.6 is 0 Å². The van der Waals surface area contributed by atoms with Gasteiger partial charge in [0, 0.05) is 0 Å². The van der Waals surface area contributed by atoms with Gasteiger partial charge in [-0.05, 0) is 0 Å². The Hall–Kier alpha value is -0.560. The summed E-state index contributed by atoms with van der Waals surface area (Å²) in [7, 11) is 0. The monoisotopic (exact) mass is 270 g/mol. The lowest BCUT2D eigenvalue weighted by Crippen LogP contribution is -2.44. The van der Waals surface area contributed by atoms with Crippen LogP contribution < -0.4 is 0 Å². The average molecular weight is 270 g/mol. The molecule has 0 nitrogen and oxygen atoms in total. The van der Waals surface area contributed by atoms with Crippen molar-refractivity contribution in [3.05, 3.63) is 0 Å². The number of rotatable bonds is 1. The molecule has 17 heavy (non-hydrogen) atoms. The molecular weight excluding hydrogens is 260 g/mol. The number of alkyl halides is 8. The summed E-state index contributed by atoms with van der Waals surface area (Å²) in [6.07, 6.45) is -10.9. The first-order chi connectivity index (χ1) is 7.15. The summed E-state index contributed by atoms with van der Waals surface area (Å²) in [6, 6.07) is 0. The molecule has 0 saturated heterocycles. The van der Waals surface area contributed by atoms with Gasteiger partial charge in [0.15, 0.2) is 5.41 Å². The van der Waals surface area contributed by atoms with Crippen LogP contribution in [0.15, 0.2) is 0 Å². The van der Waals surface area contributed by atoms with Crippen molar-refractivity contribution in [1.82, 2.24) is 0 Å². The van der Waals surface area contributed by atoms with Crippen LogP contribution in [-0.2, 0) is 0 Å². The Bertz CT molecular complexity index is 307. The Morgan fingerprint density at radius 1 is 0.882 bits per heavy atom. The molecule has 1 aliphatic rings. The number of hydrogen-bond acceptors (Lipinski definition) is 0. The van der Waals surface area contributed by atoms with Gasteiger partial charge in [-0.25, -0.2) is 8.78 Å². The summed E-state index contributed by atoms with van der Waals surface area (Å²) in [5.74, 6) is -7.58. The van der Waals surface area contributed by atoms with Crippen LogP contribution in [0.2, 0.25) is 0 Å². The Balaban J connectivity index is 3.39. The van der Waals surface area contributed by atoms with Crippen LogP contribution in [0.3, 0.4) is 0 Å². The van der Waals surface area contributed by atoms with Crippen LogP contribution in [0.4, 0.5) is 35.1 Å². The lowest BCUT2D eigenvalue weighted by Gasteiger charge is -2.29. The highest BCUT2D eigenvalue weighted by molar-refractivity contribution is 5.30. The normalized spacial score (nSPS) is 33.4. The molecule has 2 unspecified atom stereocenters. The van der Waals surface area contributed by atoms with Crippen molar-refractivity contribution in [3.8, 4) is 0 Å². The summed E-state index contributed by atoms with van der Waals surface area (Å²) >= 11 is 0. The Kier molecular flexibility index (Phi) is 2.61. The van der Waals surface area contributed by atoms with Gasteiger partial charge in [0.05, 0.1) is 11.3 Å². The van der Waals surface area contributed by atoms with E-state index >= 15 is 0 Å². The van der Waals surface area contributed by atoms with Gasteiger partial charge in [-0.2, -0.15) is 26.3 Å². The van der Waals surface area contributed by atoms with Crippen LogP contribution in [0.1, 0.15) is 20.8 Å². The first kappa shape index (κ1) is 14.5. The minimum Gasteiger partial charge on any atom is -0.205 e. The highest BCUT2D eigenvalue weighted by atomic mass is 19.4. The van der Waals surface area contributed by atoms with Crippen molar-refractivity contribution >= 4 is 0 Å². The zero-order chi connectivity index (χ0) is 14.1. The van der Waals surface area contributed by atoms with E-state index in [-0.39, 0.29) is 6.92 Å². The van der Waals surface area contributed by atoms with E-state index in [4.69, 9.17) is 0 Å². The quantitative estimate of drug-likeness (QED) is 0.619. The maximum absolute atomic E-state index is 13.3. The second kappa shape index (κ2) is 3.06. The standard InChI is InChI=1S/C9H10F8/c1-4(7(10,11)12)6(9(15,16)17)5(2,3)8(6,13)14/h4H,1-3H3. The Morgan fingerprint density at radius 3 is 1.24 bits per heavy atom. The van der Waals surface area contributed by atoms with Gasteiger partial charge >= 0.3 is 12.4 Å². The van der Waals surface area contributed by atoms with Gasteiger partial charge in [0.2, 0.25) is 0 Å². The predicted molar refractivity (Wildman–Crippen MR) is 42.4 cm³/mol. The molecule has 8 heteroatoms. The SMILES string of the molecule is CC(C(F)(F)F)C1(C(F)(F)F)C(C)(C)C1(F)F. The van der Waals surface area contributed by atoms with Crippen molar-refractivity contribution in [2.75, 3.05) is 0 Å². The average Bonchev–Trinajstić information content (AvgIpc) is 2.34. The summed E-state index contributed by atoms with van der Waals surface area (Å²) in [4.78, 5) is 0. The molecule has 2 atom stereocenters.